The summed E-state index contributed by atoms with van der Waals surface area (Å²) in [7, 11) is 0. The van der Waals surface area contributed by atoms with Crippen LogP contribution in [0.25, 0.3) is 6.08 Å². The van der Waals surface area contributed by atoms with E-state index in [-0.39, 0.29) is 5.69 Å². The number of benzene rings is 1. The molecule has 0 saturated carbocycles. The third-order valence-corrected chi connectivity index (χ3v) is 3.99. The summed E-state index contributed by atoms with van der Waals surface area (Å²) in [5.41, 5.74) is 0.863. The molecule has 0 aliphatic carbocycles. The molecule has 1 heterocycles. The van der Waals surface area contributed by atoms with Gasteiger partial charge in [-0.15, -0.1) is 11.3 Å². The lowest BCUT2D eigenvalue weighted by atomic mass is 10.1. The normalized spacial score (nSPS) is 10.8. The minimum absolute atomic E-state index is 0.0368. The van der Waals surface area contributed by atoms with E-state index in [4.69, 9.17) is 5.11 Å². The SMILES string of the molecule is O=C(O)/C=C/c1ccc(NC(=O)c2csc(Br)c2)c(F)c1. The third kappa shape index (κ3) is 4.24. The Hall–Kier alpha value is -1.99. The molecule has 0 bridgehead atoms. The maximum absolute atomic E-state index is 13.9. The number of thiophene rings is 1. The largest absolute Gasteiger partial charge is 0.478 e. The van der Waals surface area contributed by atoms with E-state index in [0.717, 1.165) is 15.9 Å². The Labute approximate surface area is 132 Å². The first-order valence-corrected chi connectivity index (χ1v) is 7.39. The van der Waals surface area contributed by atoms with Crippen molar-refractivity contribution in [1.82, 2.24) is 0 Å². The van der Waals surface area contributed by atoms with Gasteiger partial charge in [0.2, 0.25) is 0 Å². The lowest BCUT2D eigenvalue weighted by Crippen LogP contribution is -2.12. The number of carboxylic acids is 1. The first-order chi connectivity index (χ1) is 9.95. The number of aliphatic carboxylic acids is 1. The summed E-state index contributed by atoms with van der Waals surface area (Å²) < 4.78 is 14.7. The molecule has 1 aromatic carbocycles. The molecule has 0 unspecified atom stereocenters. The second-order valence-electron chi connectivity index (χ2n) is 4.00. The molecule has 0 atom stereocenters. The standard InChI is InChI=1S/C14H9BrFNO3S/c15-12-6-9(7-21-12)14(20)17-11-3-1-8(5-10(11)16)2-4-13(18)19/h1-7H,(H,17,20)(H,18,19)/b4-2+. The molecule has 0 aliphatic heterocycles. The fraction of sp³-hybridized carbons (Fsp3) is 0. The summed E-state index contributed by atoms with van der Waals surface area (Å²) in [5.74, 6) is -2.16. The van der Waals surface area contributed by atoms with Crippen molar-refractivity contribution in [2.75, 3.05) is 5.32 Å². The zero-order chi connectivity index (χ0) is 15.4. The maximum Gasteiger partial charge on any atom is 0.328 e. The minimum atomic E-state index is -1.11. The van der Waals surface area contributed by atoms with Crippen molar-refractivity contribution < 1.29 is 19.1 Å². The van der Waals surface area contributed by atoms with E-state index in [0.29, 0.717) is 11.1 Å². The van der Waals surface area contributed by atoms with Gasteiger partial charge in [-0.05, 0) is 45.8 Å². The third-order valence-electron chi connectivity index (χ3n) is 2.49. The van der Waals surface area contributed by atoms with Gasteiger partial charge < -0.3 is 10.4 Å². The molecule has 1 aromatic heterocycles. The van der Waals surface area contributed by atoms with Crippen LogP contribution in [-0.2, 0) is 4.79 Å². The predicted molar refractivity (Wildman–Crippen MR) is 83.0 cm³/mol. The average Bonchev–Trinajstić information content (AvgIpc) is 2.86. The number of hydrogen-bond acceptors (Lipinski definition) is 3. The van der Waals surface area contributed by atoms with Gasteiger partial charge in [-0.1, -0.05) is 6.07 Å². The molecule has 0 fully saturated rings. The van der Waals surface area contributed by atoms with E-state index in [1.54, 1.807) is 11.4 Å². The second-order valence-corrected chi connectivity index (χ2v) is 6.29. The van der Waals surface area contributed by atoms with E-state index in [1.807, 2.05) is 0 Å². The van der Waals surface area contributed by atoms with Crippen LogP contribution in [0.15, 0.2) is 39.5 Å². The van der Waals surface area contributed by atoms with Crippen LogP contribution in [0.5, 0.6) is 0 Å². The van der Waals surface area contributed by atoms with Gasteiger partial charge in [-0.2, -0.15) is 0 Å². The lowest BCUT2D eigenvalue weighted by Gasteiger charge is -2.06. The molecule has 7 heteroatoms. The summed E-state index contributed by atoms with van der Waals surface area (Å²) in [6.07, 6.45) is 2.18. The van der Waals surface area contributed by atoms with Gasteiger partial charge in [0.1, 0.15) is 5.82 Å². The van der Waals surface area contributed by atoms with E-state index in [2.05, 4.69) is 21.2 Å². The minimum Gasteiger partial charge on any atom is -0.478 e. The van der Waals surface area contributed by atoms with Gasteiger partial charge in [0.05, 0.1) is 15.0 Å². The fourth-order valence-electron chi connectivity index (χ4n) is 1.53. The Bertz CT molecular complexity index is 727. The number of carboxylic acid groups (broad SMARTS) is 1. The van der Waals surface area contributed by atoms with Gasteiger partial charge in [-0.3, -0.25) is 4.79 Å². The van der Waals surface area contributed by atoms with Gasteiger partial charge in [0.15, 0.2) is 0 Å². The number of carbonyl (C=O) groups excluding carboxylic acids is 1. The second kappa shape index (κ2) is 6.64. The van der Waals surface area contributed by atoms with Crippen molar-refractivity contribution in [3.05, 3.63) is 56.5 Å². The van der Waals surface area contributed by atoms with Gasteiger partial charge in [0.25, 0.3) is 5.91 Å². The first kappa shape index (κ1) is 15.4. The molecular formula is C14H9BrFNO3S. The molecule has 2 aromatic rings. The quantitative estimate of drug-likeness (QED) is 0.800. The summed E-state index contributed by atoms with van der Waals surface area (Å²) in [5, 5.41) is 12.6. The fourth-order valence-corrected chi connectivity index (χ4v) is 2.66. The van der Waals surface area contributed by atoms with Crippen molar-refractivity contribution in [2.45, 2.75) is 0 Å². The van der Waals surface area contributed by atoms with Crippen LogP contribution in [0.4, 0.5) is 10.1 Å². The van der Waals surface area contributed by atoms with Gasteiger partial charge >= 0.3 is 5.97 Å². The molecule has 2 N–H and O–H groups in total. The molecule has 0 spiro atoms. The average molecular weight is 370 g/mol. The zero-order valence-electron chi connectivity index (χ0n) is 10.5. The van der Waals surface area contributed by atoms with Crippen LogP contribution < -0.4 is 5.32 Å². The van der Waals surface area contributed by atoms with E-state index in [1.165, 1.54) is 29.5 Å². The highest BCUT2D eigenvalue weighted by molar-refractivity contribution is 9.11. The highest BCUT2D eigenvalue weighted by atomic mass is 79.9. The van der Waals surface area contributed by atoms with Gasteiger partial charge in [0, 0.05) is 11.5 Å². The molecular weight excluding hydrogens is 361 g/mol. The highest BCUT2D eigenvalue weighted by Crippen LogP contribution is 2.22. The summed E-state index contributed by atoms with van der Waals surface area (Å²) in [6.45, 7) is 0. The number of anilines is 1. The van der Waals surface area contributed by atoms with E-state index < -0.39 is 17.7 Å². The maximum atomic E-state index is 13.9. The number of hydrogen-bond donors (Lipinski definition) is 2. The summed E-state index contributed by atoms with van der Waals surface area (Å²) in [4.78, 5) is 22.3. The predicted octanol–water partition coefficient (Wildman–Crippen LogP) is 4.00. The lowest BCUT2D eigenvalue weighted by molar-refractivity contribution is -0.131. The number of carbonyl (C=O) groups is 2. The summed E-state index contributed by atoms with van der Waals surface area (Å²) in [6, 6.07) is 5.69. The van der Waals surface area contributed by atoms with Crippen molar-refractivity contribution in [1.29, 1.82) is 0 Å². The van der Waals surface area contributed by atoms with E-state index in [9.17, 15) is 14.0 Å². The Kier molecular flexibility index (Phi) is 4.87. The van der Waals surface area contributed by atoms with Crippen LogP contribution in [0.3, 0.4) is 0 Å². The topological polar surface area (TPSA) is 66.4 Å². The van der Waals surface area contributed by atoms with Crippen molar-refractivity contribution >= 4 is 50.9 Å². The highest BCUT2D eigenvalue weighted by Gasteiger charge is 2.11. The van der Waals surface area contributed by atoms with Crippen molar-refractivity contribution in [3.63, 3.8) is 0 Å². The first-order valence-electron chi connectivity index (χ1n) is 5.71. The molecule has 1 amide bonds. The zero-order valence-corrected chi connectivity index (χ0v) is 12.9. The Morgan fingerprint density at radius 1 is 1.33 bits per heavy atom. The monoisotopic (exact) mass is 369 g/mol. The molecule has 0 saturated heterocycles. The van der Waals surface area contributed by atoms with Crippen molar-refractivity contribution in [2.24, 2.45) is 0 Å². The Morgan fingerprint density at radius 2 is 2.10 bits per heavy atom. The van der Waals surface area contributed by atoms with Crippen LogP contribution in [0.2, 0.25) is 0 Å². The summed E-state index contributed by atoms with van der Waals surface area (Å²) >= 11 is 4.60. The van der Waals surface area contributed by atoms with Crippen LogP contribution in [0, 0.1) is 5.82 Å². The number of nitrogens with one attached hydrogen (secondary N) is 1. The van der Waals surface area contributed by atoms with Crippen LogP contribution in [0.1, 0.15) is 15.9 Å². The molecule has 2 rings (SSSR count). The number of halogens is 2. The van der Waals surface area contributed by atoms with E-state index >= 15 is 0 Å². The number of amides is 1. The Balaban J connectivity index is 2.14. The molecule has 4 nitrogen and oxygen atoms in total. The molecule has 0 aliphatic rings. The molecule has 21 heavy (non-hydrogen) atoms. The van der Waals surface area contributed by atoms with Crippen LogP contribution in [-0.4, -0.2) is 17.0 Å². The molecule has 108 valence electrons. The number of rotatable bonds is 4. The van der Waals surface area contributed by atoms with Crippen molar-refractivity contribution in [3.8, 4) is 0 Å². The van der Waals surface area contributed by atoms with Gasteiger partial charge in [-0.25, -0.2) is 9.18 Å². The Morgan fingerprint density at radius 3 is 2.67 bits per heavy atom. The van der Waals surface area contributed by atoms with Crippen LogP contribution >= 0.6 is 27.3 Å². The molecule has 0 radical (unpaired) electrons. The smallest absolute Gasteiger partial charge is 0.328 e.